The van der Waals surface area contributed by atoms with Gasteiger partial charge >= 0.3 is 0 Å². The molecule has 3 aromatic heterocycles. The van der Waals surface area contributed by atoms with E-state index in [1.54, 1.807) is 18.9 Å². The minimum Gasteiger partial charge on any atom is -0.383 e. The SMILES string of the molecule is COCCn1c(SCc2cn3cc(C)ccc3n2)nc2ccccc21. The van der Waals surface area contributed by atoms with Gasteiger partial charge in [0, 0.05) is 31.8 Å². The highest BCUT2D eigenvalue weighted by atomic mass is 32.2. The standard InChI is InChI=1S/C19H20N4OS/c1-14-7-8-18-20-15(12-22(18)11-14)13-25-19-21-16-5-3-4-6-17(16)23(19)9-10-24-2/h3-8,11-12H,9-10,13H2,1-2H3. The summed E-state index contributed by atoms with van der Waals surface area (Å²) in [6, 6.07) is 12.4. The minimum atomic E-state index is 0.668. The van der Waals surface area contributed by atoms with Crippen LogP contribution >= 0.6 is 11.8 Å². The summed E-state index contributed by atoms with van der Waals surface area (Å²) in [5, 5.41) is 1.01. The second-order valence-electron chi connectivity index (χ2n) is 6.02. The van der Waals surface area contributed by atoms with Crippen molar-refractivity contribution in [3.63, 3.8) is 0 Å². The summed E-state index contributed by atoms with van der Waals surface area (Å²) in [6.07, 6.45) is 4.20. The van der Waals surface area contributed by atoms with Gasteiger partial charge in [-0.3, -0.25) is 0 Å². The highest BCUT2D eigenvalue weighted by Gasteiger charge is 2.12. The van der Waals surface area contributed by atoms with Crippen LogP contribution in [0.1, 0.15) is 11.3 Å². The van der Waals surface area contributed by atoms with Crippen LogP contribution in [0, 0.1) is 6.92 Å². The third-order valence-electron chi connectivity index (χ3n) is 4.14. The van der Waals surface area contributed by atoms with E-state index in [2.05, 4.69) is 52.6 Å². The summed E-state index contributed by atoms with van der Waals surface area (Å²) in [6.45, 7) is 3.55. The number of fused-ring (bicyclic) bond motifs is 2. The van der Waals surface area contributed by atoms with Crippen LogP contribution < -0.4 is 0 Å². The molecule has 25 heavy (non-hydrogen) atoms. The number of nitrogens with zero attached hydrogens (tertiary/aromatic N) is 4. The van der Waals surface area contributed by atoms with Gasteiger partial charge in [-0.05, 0) is 30.7 Å². The molecular weight excluding hydrogens is 332 g/mol. The van der Waals surface area contributed by atoms with E-state index >= 15 is 0 Å². The first kappa shape index (κ1) is 16.2. The number of ether oxygens (including phenoxy) is 1. The quantitative estimate of drug-likeness (QED) is 0.493. The van der Waals surface area contributed by atoms with Gasteiger partial charge in [-0.2, -0.15) is 0 Å². The Morgan fingerprint density at radius 2 is 1.96 bits per heavy atom. The van der Waals surface area contributed by atoms with Crippen LogP contribution in [0.2, 0.25) is 0 Å². The van der Waals surface area contributed by atoms with Crippen molar-refractivity contribution >= 4 is 28.4 Å². The van der Waals surface area contributed by atoms with Crippen LogP contribution in [0.4, 0.5) is 0 Å². The lowest BCUT2D eigenvalue weighted by molar-refractivity contribution is 0.186. The van der Waals surface area contributed by atoms with Crippen molar-refractivity contribution < 1.29 is 4.74 Å². The van der Waals surface area contributed by atoms with E-state index in [0.717, 1.165) is 39.8 Å². The lowest BCUT2D eigenvalue weighted by Gasteiger charge is -2.07. The number of aryl methyl sites for hydroxylation is 1. The third kappa shape index (κ3) is 3.27. The van der Waals surface area contributed by atoms with Crippen molar-refractivity contribution in [1.29, 1.82) is 0 Å². The van der Waals surface area contributed by atoms with Gasteiger partial charge in [0.1, 0.15) is 5.65 Å². The summed E-state index contributed by atoms with van der Waals surface area (Å²) in [5.41, 5.74) is 5.43. The maximum atomic E-state index is 5.26. The van der Waals surface area contributed by atoms with Crippen LogP contribution in [0.3, 0.4) is 0 Å². The Morgan fingerprint density at radius 3 is 2.84 bits per heavy atom. The fourth-order valence-corrected chi connectivity index (χ4v) is 3.85. The zero-order valence-electron chi connectivity index (χ0n) is 14.3. The van der Waals surface area contributed by atoms with Gasteiger partial charge in [0.2, 0.25) is 0 Å². The first-order valence-corrected chi connectivity index (χ1v) is 9.24. The van der Waals surface area contributed by atoms with Crippen molar-refractivity contribution in [2.75, 3.05) is 13.7 Å². The second-order valence-corrected chi connectivity index (χ2v) is 6.96. The van der Waals surface area contributed by atoms with E-state index in [1.165, 1.54) is 5.56 Å². The molecule has 0 unspecified atom stereocenters. The number of hydrogen-bond donors (Lipinski definition) is 0. The number of rotatable bonds is 6. The molecule has 0 spiro atoms. The molecule has 3 heterocycles. The van der Waals surface area contributed by atoms with Crippen molar-refractivity contribution in [2.24, 2.45) is 0 Å². The Balaban J connectivity index is 1.60. The number of para-hydroxylation sites is 2. The molecule has 0 atom stereocenters. The summed E-state index contributed by atoms with van der Waals surface area (Å²) >= 11 is 1.72. The molecule has 0 saturated carbocycles. The molecule has 0 aliphatic heterocycles. The topological polar surface area (TPSA) is 44.4 Å². The maximum absolute atomic E-state index is 5.26. The monoisotopic (exact) mass is 352 g/mol. The van der Waals surface area contributed by atoms with Crippen molar-refractivity contribution in [1.82, 2.24) is 18.9 Å². The Labute approximate surface area is 150 Å². The van der Waals surface area contributed by atoms with Crippen molar-refractivity contribution in [2.45, 2.75) is 24.4 Å². The molecule has 0 fully saturated rings. The molecule has 0 saturated heterocycles. The molecular formula is C19H20N4OS. The first-order valence-electron chi connectivity index (χ1n) is 8.26. The number of methoxy groups -OCH3 is 1. The lowest BCUT2D eigenvalue weighted by Crippen LogP contribution is -2.05. The molecule has 5 nitrogen and oxygen atoms in total. The average Bonchev–Trinajstić information content (AvgIpc) is 3.18. The van der Waals surface area contributed by atoms with Gasteiger partial charge in [0.15, 0.2) is 5.16 Å². The molecule has 6 heteroatoms. The Kier molecular flexibility index (Phi) is 4.46. The fraction of sp³-hybridized carbons (Fsp3) is 0.263. The zero-order valence-corrected chi connectivity index (χ0v) is 15.2. The van der Waals surface area contributed by atoms with Gasteiger partial charge in [-0.1, -0.05) is 30.0 Å². The molecule has 0 N–H and O–H groups in total. The van der Waals surface area contributed by atoms with E-state index in [-0.39, 0.29) is 0 Å². The summed E-state index contributed by atoms with van der Waals surface area (Å²) in [7, 11) is 1.73. The minimum absolute atomic E-state index is 0.668. The van der Waals surface area contributed by atoms with Gasteiger partial charge in [0.25, 0.3) is 0 Å². The van der Waals surface area contributed by atoms with Gasteiger partial charge in [-0.15, -0.1) is 0 Å². The summed E-state index contributed by atoms with van der Waals surface area (Å²) < 4.78 is 9.57. The molecule has 0 bridgehead atoms. The molecule has 128 valence electrons. The number of thioether (sulfide) groups is 1. The second kappa shape index (κ2) is 6.90. The van der Waals surface area contributed by atoms with Crippen LogP contribution in [0.25, 0.3) is 16.7 Å². The van der Waals surface area contributed by atoms with Crippen molar-refractivity contribution in [3.05, 3.63) is 60.0 Å². The summed E-state index contributed by atoms with van der Waals surface area (Å²) in [4.78, 5) is 9.48. The predicted molar refractivity (Wildman–Crippen MR) is 101 cm³/mol. The highest BCUT2D eigenvalue weighted by Crippen LogP contribution is 2.26. The van der Waals surface area contributed by atoms with E-state index in [1.807, 2.05) is 12.1 Å². The number of benzene rings is 1. The number of hydrogen-bond acceptors (Lipinski definition) is 4. The zero-order chi connectivity index (χ0) is 17.2. The van der Waals surface area contributed by atoms with Crippen LogP contribution in [0.15, 0.2) is 53.9 Å². The Morgan fingerprint density at radius 1 is 1.08 bits per heavy atom. The molecule has 0 radical (unpaired) electrons. The molecule has 0 amide bonds. The first-order chi connectivity index (χ1) is 12.2. The molecule has 4 aromatic rings. The van der Waals surface area contributed by atoms with Crippen LogP contribution in [-0.4, -0.2) is 32.7 Å². The number of aromatic nitrogens is 4. The smallest absolute Gasteiger partial charge is 0.169 e. The number of imidazole rings is 2. The van der Waals surface area contributed by atoms with E-state index in [9.17, 15) is 0 Å². The molecule has 0 aliphatic carbocycles. The molecule has 0 aliphatic rings. The van der Waals surface area contributed by atoms with E-state index < -0.39 is 0 Å². The average molecular weight is 352 g/mol. The van der Waals surface area contributed by atoms with Crippen LogP contribution in [-0.2, 0) is 17.0 Å². The van der Waals surface area contributed by atoms with Crippen LogP contribution in [0.5, 0.6) is 0 Å². The van der Waals surface area contributed by atoms with Crippen molar-refractivity contribution in [3.8, 4) is 0 Å². The van der Waals surface area contributed by atoms with Gasteiger partial charge in [-0.25, -0.2) is 9.97 Å². The van der Waals surface area contributed by atoms with E-state index in [0.29, 0.717) is 6.61 Å². The molecule has 1 aromatic carbocycles. The van der Waals surface area contributed by atoms with Gasteiger partial charge < -0.3 is 13.7 Å². The van der Waals surface area contributed by atoms with E-state index in [4.69, 9.17) is 14.7 Å². The Bertz CT molecular complexity index is 1020. The lowest BCUT2D eigenvalue weighted by atomic mass is 10.3. The third-order valence-corrected chi connectivity index (χ3v) is 5.15. The highest BCUT2D eigenvalue weighted by molar-refractivity contribution is 7.98. The van der Waals surface area contributed by atoms with Gasteiger partial charge in [0.05, 0.1) is 23.3 Å². The number of pyridine rings is 1. The molecule has 4 rings (SSSR count). The predicted octanol–water partition coefficient (Wildman–Crippen LogP) is 3.93. The fourth-order valence-electron chi connectivity index (χ4n) is 2.93. The normalized spacial score (nSPS) is 11.6. The Hall–Kier alpha value is -2.31. The summed E-state index contributed by atoms with van der Waals surface area (Å²) in [5.74, 6) is 0.789. The maximum Gasteiger partial charge on any atom is 0.169 e. The largest absolute Gasteiger partial charge is 0.383 e.